The zero-order valence-electron chi connectivity index (χ0n) is 12.9. The predicted octanol–water partition coefficient (Wildman–Crippen LogP) is 3.43. The van der Waals surface area contributed by atoms with Crippen LogP contribution in [0.4, 0.5) is 11.4 Å². The molecule has 6 nitrogen and oxygen atoms in total. The summed E-state index contributed by atoms with van der Waals surface area (Å²) in [5.74, 6) is -0.391. The molecule has 2 rings (SSSR count). The van der Waals surface area contributed by atoms with Gasteiger partial charge in [-0.05, 0) is 55.0 Å². The lowest BCUT2D eigenvalue weighted by Gasteiger charge is -2.08. The van der Waals surface area contributed by atoms with Crippen LogP contribution in [0.5, 0.6) is 0 Å². The number of carbonyl (C=O) groups is 1. The van der Waals surface area contributed by atoms with Crippen molar-refractivity contribution in [1.82, 2.24) is 5.32 Å². The van der Waals surface area contributed by atoms with Gasteiger partial charge in [0, 0.05) is 23.9 Å². The van der Waals surface area contributed by atoms with Crippen molar-refractivity contribution in [3.8, 4) is 0 Å². The highest BCUT2D eigenvalue weighted by molar-refractivity contribution is 7.80. The van der Waals surface area contributed by atoms with E-state index in [0.717, 1.165) is 11.3 Å². The van der Waals surface area contributed by atoms with Gasteiger partial charge < -0.3 is 5.32 Å². The summed E-state index contributed by atoms with van der Waals surface area (Å²) in [7, 11) is 0. The van der Waals surface area contributed by atoms with Gasteiger partial charge in [0.05, 0.1) is 4.92 Å². The zero-order chi connectivity index (χ0) is 17.5. The average Bonchev–Trinajstić information content (AvgIpc) is 2.55. The summed E-state index contributed by atoms with van der Waals surface area (Å²) in [4.78, 5) is 21.9. The normalized spacial score (nSPS) is 10.4. The summed E-state index contributed by atoms with van der Waals surface area (Å²) in [5.41, 5.74) is 2.58. The Labute approximate surface area is 144 Å². The van der Waals surface area contributed by atoms with Crippen LogP contribution in [0.3, 0.4) is 0 Å². The fraction of sp³-hybridized carbons (Fsp3) is 0.0588. The molecule has 2 N–H and O–H groups in total. The minimum atomic E-state index is -0.477. The van der Waals surface area contributed by atoms with E-state index in [9.17, 15) is 14.9 Å². The molecule has 0 bridgehead atoms. The van der Waals surface area contributed by atoms with Crippen LogP contribution in [-0.4, -0.2) is 15.9 Å². The van der Waals surface area contributed by atoms with Crippen molar-refractivity contribution in [2.24, 2.45) is 0 Å². The first kappa shape index (κ1) is 17.3. The van der Waals surface area contributed by atoms with Gasteiger partial charge in [-0.2, -0.15) is 0 Å². The Morgan fingerprint density at radius 3 is 2.33 bits per heavy atom. The highest BCUT2D eigenvalue weighted by Gasteiger charge is 2.04. The number of nitro groups is 1. The largest absolute Gasteiger partial charge is 0.332 e. The molecule has 0 spiro atoms. The first-order chi connectivity index (χ1) is 11.4. The van der Waals surface area contributed by atoms with E-state index in [0.29, 0.717) is 5.56 Å². The van der Waals surface area contributed by atoms with Gasteiger partial charge >= 0.3 is 0 Å². The number of amides is 1. The third kappa shape index (κ3) is 5.29. The fourth-order valence-electron chi connectivity index (χ4n) is 1.83. The van der Waals surface area contributed by atoms with E-state index in [-0.39, 0.29) is 10.8 Å². The van der Waals surface area contributed by atoms with Crippen molar-refractivity contribution in [1.29, 1.82) is 0 Å². The van der Waals surface area contributed by atoms with Crippen molar-refractivity contribution in [3.63, 3.8) is 0 Å². The molecule has 0 atom stereocenters. The number of thiocarbonyl (C=S) groups is 1. The molecule has 0 fully saturated rings. The number of anilines is 1. The summed E-state index contributed by atoms with van der Waals surface area (Å²) in [6, 6.07) is 13.5. The molecule has 0 unspecified atom stereocenters. The second-order valence-electron chi connectivity index (χ2n) is 4.99. The maximum atomic E-state index is 11.8. The molecule has 0 aliphatic carbocycles. The van der Waals surface area contributed by atoms with Crippen LogP contribution in [0, 0.1) is 17.0 Å². The molecule has 7 heteroatoms. The van der Waals surface area contributed by atoms with Gasteiger partial charge in [0.2, 0.25) is 5.91 Å². The topological polar surface area (TPSA) is 84.3 Å². The first-order valence-corrected chi connectivity index (χ1v) is 7.46. The maximum absolute atomic E-state index is 11.8. The molecular formula is C17H15N3O3S. The van der Waals surface area contributed by atoms with Gasteiger partial charge in [-0.1, -0.05) is 17.7 Å². The number of hydrogen-bond donors (Lipinski definition) is 2. The number of aryl methyl sites for hydroxylation is 1. The third-order valence-corrected chi connectivity index (χ3v) is 3.28. The summed E-state index contributed by atoms with van der Waals surface area (Å²) in [6.07, 6.45) is 2.86. The van der Waals surface area contributed by atoms with Gasteiger partial charge in [0.25, 0.3) is 5.69 Å². The molecule has 0 aliphatic rings. The molecule has 0 saturated heterocycles. The highest BCUT2D eigenvalue weighted by Crippen LogP contribution is 2.12. The minimum Gasteiger partial charge on any atom is -0.332 e. The molecule has 1 amide bonds. The van der Waals surface area contributed by atoms with Crippen molar-refractivity contribution < 1.29 is 9.72 Å². The van der Waals surface area contributed by atoms with Gasteiger partial charge in [-0.3, -0.25) is 20.2 Å². The van der Waals surface area contributed by atoms with Crippen LogP contribution in [0.25, 0.3) is 6.08 Å². The van der Waals surface area contributed by atoms with Crippen LogP contribution in [0.2, 0.25) is 0 Å². The first-order valence-electron chi connectivity index (χ1n) is 7.05. The van der Waals surface area contributed by atoms with Crippen molar-refractivity contribution >= 4 is 40.7 Å². The van der Waals surface area contributed by atoms with E-state index >= 15 is 0 Å². The lowest BCUT2D eigenvalue weighted by atomic mass is 10.2. The molecular weight excluding hydrogens is 326 g/mol. The maximum Gasteiger partial charge on any atom is 0.269 e. The smallest absolute Gasteiger partial charge is 0.269 e. The molecule has 24 heavy (non-hydrogen) atoms. The number of carbonyl (C=O) groups excluding carboxylic acids is 1. The van der Waals surface area contributed by atoms with E-state index < -0.39 is 10.8 Å². The Morgan fingerprint density at radius 2 is 1.75 bits per heavy atom. The van der Waals surface area contributed by atoms with Crippen molar-refractivity contribution in [2.45, 2.75) is 6.92 Å². The summed E-state index contributed by atoms with van der Waals surface area (Å²) in [5, 5.41) is 16.2. The van der Waals surface area contributed by atoms with Crippen LogP contribution >= 0.6 is 12.2 Å². The number of hydrogen-bond acceptors (Lipinski definition) is 4. The average molecular weight is 341 g/mol. The zero-order valence-corrected chi connectivity index (χ0v) is 13.7. The van der Waals surface area contributed by atoms with Crippen LogP contribution in [-0.2, 0) is 4.79 Å². The number of non-ortho nitro benzene ring substituents is 1. The summed E-state index contributed by atoms with van der Waals surface area (Å²) >= 11 is 5.07. The number of rotatable bonds is 4. The number of benzene rings is 2. The van der Waals surface area contributed by atoms with E-state index in [2.05, 4.69) is 10.6 Å². The van der Waals surface area contributed by atoms with Crippen LogP contribution in [0.15, 0.2) is 54.6 Å². The molecule has 0 heterocycles. The second-order valence-corrected chi connectivity index (χ2v) is 5.40. The Kier molecular flexibility index (Phi) is 5.75. The molecule has 2 aromatic rings. The predicted molar refractivity (Wildman–Crippen MR) is 97.7 cm³/mol. The van der Waals surface area contributed by atoms with Gasteiger partial charge in [0.15, 0.2) is 5.11 Å². The lowest BCUT2D eigenvalue weighted by molar-refractivity contribution is -0.384. The number of nitrogens with one attached hydrogen (secondary N) is 2. The Hall–Kier alpha value is -3.06. The van der Waals surface area contributed by atoms with E-state index in [1.807, 2.05) is 31.2 Å². The minimum absolute atomic E-state index is 0.0000714. The van der Waals surface area contributed by atoms with E-state index in [4.69, 9.17) is 12.2 Å². The van der Waals surface area contributed by atoms with Crippen molar-refractivity contribution in [3.05, 3.63) is 75.8 Å². The Bertz CT molecular complexity index is 784. The summed E-state index contributed by atoms with van der Waals surface area (Å²) in [6.45, 7) is 1.98. The molecule has 122 valence electrons. The Balaban J connectivity index is 1.88. The summed E-state index contributed by atoms with van der Waals surface area (Å²) < 4.78 is 0. The Morgan fingerprint density at radius 1 is 1.12 bits per heavy atom. The van der Waals surface area contributed by atoms with Crippen molar-refractivity contribution in [2.75, 3.05) is 5.32 Å². The quantitative estimate of drug-likeness (QED) is 0.385. The molecule has 2 aromatic carbocycles. The van der Waals surface area contributed by atoms with Crippen LogP contribution < -0.4 is 10.6 Å². The number of nitrogens with zero attached hydrogens (tertiary/aromatic N) is 1. The van der Waals surface area contributed by atoms with Crippen LogP contribution in [0.1, 0.15) is 11.1 Å². The van der Waals surface area contributed by atoms with E-state index in [1.165, 1.54) is 18.2 Å². The highest BCUT2D eigenvalue weighted by atomic mass is 32.1. The molecule has 0 saturated carbocycles. The van der Waals surface area contributed by atoms with E-state index in [1.54, 1.807) is 18.2 Å². The monoisotopic (exact) mass is 341 g/mol. The van der Waals surface area contributed by atoms with Gasteiger partial charge in [0.1, 0.15) is 0 Å². The standard InChI is InChI=1S/C17H15N3O3S/c1-12-2-7-14(8-3-12)18-17(24)19-16(21)11-6-13-4-9-15(10-5-13)20(22)23/h2-11H,1H3,(H2,18,19,21,24)/b11-6+. The molecule has 0 radical (unpaired) electrons. The third-order valence-electron chi connectivity index (χ3n) is 3.08. The second kappa shape index (κ2) is 7.98. The fourth-order valence-corrected chi connectivity index (χ4v) is 2.05. The SMILES string of the molecule is Cc1ccc(NC(=S)NC(=O)/C=C/c2ccc([N+](=O)[O-])cc2)cc1. The lowest BCUT2D eigenvalue weighted by Crippen LogP contribution is -2.32. The van der Waals surface area contributed by atoms with Gasteiger partial charge in [-0.15, -0.1) is 0 Å². The van der Waals surface area contributed by atoms with Gasteiger partial charge in [-0.25, -0.2) is 0 Å². The molecule has 0 aliphatic heterocycles. The molecule has 0 aromatic heterocycles. The number of nitro benzene ring substituents is 1.